The molecule has 2 aromatic carbocycles. The van der Waals surface area contributed by atoms with Crippen molar-refractivity contribution in [2.24, 2.45) is 5.92 Å². The van der Waals surface area contributed by atoms with E-state index in [9.17, 15) is 19.8 Å². The van der Waals surface area contributed by atoms with Crippen molar-refractivity contribution in [3.8, 4) is 5.75 Å². The topological polar surface area (TPSA) is 74.6 Å². The number of hydrogen-bond donors (Lipinski definition) is 2. The van der Waals surface area contributed by atoms with E-state index in [1.165, 1.54) is 0 Å². The van der Waals surface area contributed by atoms with E-state index >= 15 is 0 Å². The molecule has 0 heterocycles. The number of aromatic hydroxyl groups is 1. The van der Waals surface area contributed by atoms with Gasteiger partial charge in [-0.2, -0.15) is 0 Å². The number of allylic oxidation sites excluding steroid dienone is 5. The maximum atomic E-state index is 12.6. The first-order chi connectivity index (χ1) is 15.0. The number of carbonyl (C=O) groups excluding carboxylic acids is 1. The van der Waals surface area contributed by atoms with Crippen molar-refractivity contribution in [3.05, 3.63) is 93.1 Å². The Labute approximate surface area is 189 Å². The lowest BCUT2D eigenvalue weighted by molar-refractivity contribution is -0.111. The van der Waals surface area contributed by atoms with E-state index in [4.69, 9.17) is 0 Å². The summed E-state index contributed by atoms with van der Waals surface area (Å²) in [4.78, 5) is 24.7. The van der Waals surface area contributed by atoms with Gasteiger partial charge in [0, 0.05) is 5.57 Å². The van der Waals surface area contributed by atoms with Gasteiger partial charge >= 0.3 is 5.97 Å². The number of phenolic OH excluding ortho intramolecular Hbond substituents is 1. The molecule has 0 atom stereocenters. The number of carbonyl (C=O) groups is 2. The Hall–Kier alpha value is -3.40. The lowest BCUT2D eigenvalue weighted by Crippen LogP contribution is -2.13. The van der Waals surface area contributed by atoms with Crippen molar-refractivity contribution in [2.75, 3.05) is 0 Å². The maximum Gasteiger partial charge on any atom is 0.336 e. The van der Waals surface area contributed by atoms with E-state index in [2.05, 4.69) is 0 Å². The highest BCUT2D eigenvalue weighted by Crippen LogP contribution is 2.40. The molecule has 0 saturated carbocycles. The Kier molecular flexibility index (Phi) is 6.54. The van der Waals surface area contributed by atoms with Crippen molar-refractivity contribution in [1.29, 1.82) is 0 Å². The first kappa shape index (κ1) is 23.3. The summed E-state index contributed by atoms with van der Waals surface area (Å²) in [5.74, 6) is -0.688. The van der Waals surface area contributed by atoms with Gasteiger partial charge in [-0.05, 0) is 95.0 Å². The Morgan fingerprint density at radius 2 is 1.50 bits per heavy atom. The molecular formula is C28H30O4. The first-order valence-electron chi connectivity index (χ1n) is 10.9. The first-order valence-corrected chi connectivity index (χ1v) is 10.9. The molecule has 2 aromatic rings. The molecule has 0 spiro atoms. The monoisotopic (exact) mass is 430 g/mol. The highest BCUT2D eigenvalue weighted by atomic mass is 16.4. The van der Waals surface area contributed by atoms with Gasteiger partial charge in [0.15, 0.2) is 5.78 Å². The molecule has 1 aliphatic carbocycles. The Morgan fingerprint density at radius 3 is 2.06 bits per heavy atom. The molecule has 4 nitrogen and oxygen atoms in total. The van der Waals surface area contributed by atoms with Crippen LogP contribution in [0.5, 0.6) is 5.75 Å². The molecule has 0 radical (unpaired) electrons. The second kappa shape index (κ2) is 8.99. The molecule has 1 aliphatic rings. The number of aryl methyl sites for hydroxylation is 1. The van der Waals surface area contributed by atoms with Gasteiger partial charge in [-0.3, -0.25) is 4.79 Å². The van der Waals surface area contributed by atoms with Gasteiger partial charge in [0.05, 0.1) is 5.56 Å². The molecule has 0 bridgehead atoms. The SMILES string of the molecule is CC1=CC(=O)C(C(C)C)=C/C1=C(/c1cc(C(C)C)c(O)cc1C)c1ccccc1C(=O)O. The minimum atomic E-state index is -1.01. The van der Waals surface area contributed by atoms with Crippen molar-refractivity contribution in [2.45, 2.75) is 47.5 Å². The number of ketones is 1. The average molecular weight is 431 g/mol. The standard InChI is InChI=1S/C28H30O4/c1-15(2)21-13-23(17(5)11-25(21)29)27(19-9-7-8-10-20(19)28(31)32)24-14-22(16(3)4)26(30)12-18(24)6/h7-16,29H,1-6H3,(H,31,32)/b27-24-. The van der Waals surface area contributed by atoms with E-state index in [0.29, 0.717) is 11.1 Å². The van der Waals surface area contributed by atoms with Crippen LogP contribution in [0.15, 0.2) is 65.3 Å². The predicted molar refractivity (Wildman–Crippen MR) is 128 cm³/mol. The van der Waals surface area contributed by atoms with Gasteiger partial charge in [-0.15, -0.1) is 0 Å². The predicted octanol–water partition coefficient (Wildman–Crippen LogP) is 6.44. The Balaban J connectivity index is 2.50. The number of benzene rings is 2. The molecule has 0 saturated heterocycles. The molecular weight excluding hydrogens is 400 g/mol. The van der Waals surface area contributed by atoms with Crippen LogP contribution in [0.3, 0.4) is 0 Å². The molecule has 4 heteroatoms. The second-order valence-corrected chi connectivity index (χ2v) is 8.97. The van der Waals surface area contributed by atoms with Crippen LogP contribution >= 0.6 is 0 Å². The summed E-state index contributed by atoms with van der Waals surface area (Å²) in [5.41, 5.74) is 6.29. The molecule has 32 heavy (non-hydrogen) atoms. The van der Waals surface area contributed by atoms with E-state index in [1.54, 1.807) is 30.3 Å². The lowest BCUT2D eigenvalue weighted by Gasteiger charge is -2.23. The normalized spacial score (nSPS) is 15.7. The Morgan fingerprint density at radius 1 is 0.875 bits per heavy atom. The van der Waals surface area contributed by atoms with Gasteiger partial charge in [0.1, 0.15) is 5.75 Å². The van der Waals surface area contributed by atoms with Gasteiger partial charge in [-0.1, -0.05) is 45.9 Å². The maximum absolute atomic E-state index is 12.6. The van der Waals surface area contributed by atoms with E-state index < -0.39 is 5.97 Å². The smallest absolute Gasteiger partial charge is 0.336 e. The zero-order valence-electron chi connectivity index (χ0n) is 19.5. The zero-order chi connectivity index (χ0) is 23.7. The van der Waals surface area contributed by atoms with Gasteiger partial charge in [-0.25, -0.2) is 4.79 Å². The highest BCUT2D eigenvalue weighted by Gasteiger charge is 2.25. The van der Waals surface area contributed by atoms with E-state index in [0.717, 1.165) is 33.4 Å². The minimum absolute atomic E-state index is 0.0163. The fourth-order valence-electron chi connectivity index (χ4n) is 4.18. The van der Waals surface area contributed by atoms with Crippen molar-refractivity contribution >= 4 is 17.3 Å². The van der Waals surface area contributed by atoms with Crippen LogP contribution in [0.1, 0.15) is 73.1 Å². The lowest BCUT2D eigenvalue weighted by atomic mass is 9.80. The van der Waals surface area contributed by atoms with Crippen molar-refractivity contribution < 1.29 is 19.8 Å². The summed E-state index contributed by atoms with van der Waals surface area (Å²) in [7, 11) is 0. The van der Waals surface area contributed by atoms with Crippen molar-refractivity contribution in [3.63, 3.8) is 0 Å². The second-order valence-electron chi connectivity index (χ2n) is 8.97. The summed E-state index contributed by atoms with van der Waals surface area (Å²) in [6.07, 6.45) is 3.53. The largest absolute Gasteiger partial charge is 0.508 e. The van der Waals surface area contributed by atoms with Gasteiger partial charge < -0.3 is 10.2 Å². The number of carboxylic acid groups (broad SMARTS) is 1. The fourth-order valence-corrected chi connectivity index (χ4v) is 4.18. The number of rotatable bonds is 5. The summed E-state index contributed by atoms with van der Waals surface area (Å²) in [6.45, 7) is 11.8. The fraction of sp³-hybridized carbons (Fsp3) is 0.286. The van der Waals surface area contributed by atoms with Gasteiger partial charge in [0.25, 0.3) is 0 Å². The molecule has 166 valence electrons. The zero-order valence-corrected chi connectivity index (χ0v) is 19.5. The Bertz CT molecular complexity index is 1190. The number of aromatic carboxylic acids is 1. The average Bonchev–Trinajstić information content (AvgIpc) is 2.70. The number of phenols is 1. The summed E-state index contributed by atoms with van der Waals surface area (Å²) >= 11 is 0. The third-order valence-electron chi connectivity index (χ3n) is 5.94. The van der Waals surface area contributed by atoms with Gasteiger partial charge in [0.2, 0.25) is 0 Å². The summed E-state index contributed by atoms with van der Waals surface area (Å²) in [6, 6.07) is 10.6. The van der Waals surface area contributed by atoms with Crippen LogP contribution in [0, 0.1) is 12.8 Å². The molecule has 0 amide bonds. The van der Waals surface area contributed by atoms with E-state index in [-0.39, 0.29) is 28.9 Å². The van der Waals surface area contributed by atoms with Crippen molar-refractivity contribution in [1.82, 2.24) is 0 Å². The van der Waals surface area contributed by atoms with Crippen LogP contribution in [-0.4, -0.2) is 22.0 Å². The molecule has 0 fully saturated rings. The minimum Gasteiger partial charge on any atom is -0.508 e. The summed E-state index contributed by atoms with van der Waals surface area (Å²) < 4.78 is 0. The van der Waals surface area contributed by atoms with Crippen LogP contribution in [-0.2, 0) is 4.79 Å². The third kappa shape index (κ3) is 4.31. The number of hydrogen-bond acceptors (Lipinski definition) is 3. The third-order valence-corrected chi connectivity index (χ3v) is 5.94. The molecule has 0 aromatic heterocycles. The van der Waals surface area contributed by atoms with Crippen LogP contribution in [0.4, 0.5) is 0 Å². The highest BCUT2D eigenvalue weighted by molar-refractivity contribution is 6.09. The van der Waals surface area contributed by atoms with Crippen LogP contribution in [0.25, 0.3) is 5.57 Å². The molecule has 0 unspecified atom stereocenters. The van der Waals surface area contributed by atoms with E-state index in [1.807, 2.05) is 59.8 Å². The van der Waals surface area contributed by atoms with Crippen LogP contribution in [0.2, 0.25) is 0 Å². The van der Waals surface area contributed by atoms with Crippen LogP contribution < -0.4 is 0 Å². The molecule has 0 aliphatic heterocycles. The summed E-state index contributed by atoms with van der Waals surface area (Å²) in [5, 5.41) is 20.4. The molecule has 3 rings (SSSR count). The molecule has 2 N–H and O–H groups in total. The quantitative estimate of drug-likeness (QED) is 0.573. The number of carboxylic acids is 1.